The second kappa shape index (κ2) is 8.14. The molecule has 0 bridgehead atoms. The highest BCUT2D eigenvalue weighted by Gasteiger charge is 2.12. The van der Waals surface area contributed by atoms with Crippen LogP contribution in [0.4, 0.5) is 17.6 Å². The van der Waals surface area contributed by atoms with Gasteiger partial charge >= 0.3 is 0 Å². The Bertz CT molecular complexity index is 938. The van der Waals surface area contributed by atoms with E-state index in [-0.39, 0.29) is 5.95 Å². The Kier molecular flexibility index (Phi) is 5.66. The van der Waals surface area contributed by atoms with Crippen molar-refractivity contribution >= 4 is 17.6 Å². The van der Waals surface area contributed by atoms with Crippen LogP contribution in [0.3, 0.4) is 0 Å². The molecule has 27 heavy (non-hydrogen) atoms. The zero-order valence-corrected chi connectivity index (χ0v) is 16.4. The second-order valence-electron chi connectivity index (χ2n) is 7.11. The van der Waals surface area contributed by atoms with Gasteiger partial charge in [0.2, 0.25) is 11.9 Å². The SMILES string of the molecule is Cc1ccc(C[NH+](C)Cc2nc(N)nc(Nc3ccccc3C)n2)c(C)c1. The lowest BCUT2D eigenvalue weighted by atomic mass is 10.1. The number of nitrogens with two attached hydrogens (primary N) is 1. The number of benzene rings is 2. The van der Waals surface area contributed by atoms with E-state index in [1.54, 1.807) is 0 Å². The summed E-state index contributed by atoms with van der Waals surface area (Å²) in [5.41, 5.74) is 11.9. The van der Waals surface area contributed by atoms with Gasteiger partial charge in [0, 0.05) is 11.3 Å². The number of aryl methyl sites for hydroxylation is 3. The summed E-state index contributed by atoms with van der Waals surface area (Å²) in [7, 11) is 2.13. The first-order chi connectivity index (χ1) is 12.9. The molecule has 0 spiro atoms. The number of hydrogen-bond donors (Lipinski definition) is 3. The molecular weight excluding hydrogens is 336 g/mol. The van der Waals surface area contributed by atoms with Crippen LogP contribution >= 0.6 is 0 Å². The summed E-state index contributed by atoms with van der Waals surface area (Å²) in [6, 6.07) is 14.6. The zero-order valence-electron chi connectivity index (χ0n) is 16.4. The van der Waals surface area contributed by atoms with Gasteiger partial charge in [0.25, 0.3) is 0 Å². The Labute approximate surface area is 160 Å². The van der Waals surface area contributed by atoms with E-state index in [1.165, 1.54) is 21.6 Å². The third-order valence-corrected chi connectivity index (χ3v) is 4.54. The van der Waals surface area contributed by atoms with E-state index in [4.69, 9.17) is 5.73 Å². The molecule has 1 aromatic heterocycles. The van der Waals surface area contributed by atoms with Crippen LogP contribution in [-0.2, 0) is 13.1 Å². The molecule has 0 aliphatic carbocycles. The average Bonchev–Trinajstić information content (AvgIpc) is 2.59. The van der Waals surface area contributed by atoms with E-state index in [2.05, 4.69) is 59.4 Å². The van der Waals surface area contributed by atoms with E-state index in [9.17, 15) is 0 Å². The third-order valence-electron chi connectivity index (χ3n) is 4.54. The van der Waals surface area contributed by atoms with Crippen LogP contribution in [0.5, 0.6) is 0 Å². The first kappa shape index (κ1) is 18.8. The fourth-order valence-corrected chi connectivity index (χ4v) is 3.11. The van der Waals surface area contributed by atoms with Crippen molar-refractivity contribution in [3.05, 3.63) is 70.5 Å². The monoisotopic (exact) mass is 363 g/mol. The molecule has 0 fully saturated rings. The molecule has 0 amide bonds. The summed E-state index contributed by atoms with van der Waals surface area (Å²) in [4.78, 5) is 14.4. The minimum Gasteiger partial charge on any atom is -0.368 e. The molecule has 0 radical (unpaired) electrons. The molecule has 0 aliphatic heterocycles. The van der Waals surface area contributed by atoms with Crippen LogP contribution in [0, 0.1) is 20.8 Å². The number of nitrogen functional groups attached to an aromatic ring is 1. The number of para-hydroxylation sites is 1. The molecule has 6 heteroatoms. The first-order valence-corrected chi connectivity index (χ1v) is 9.11. The summed E-state index contributed by atoms with van der Waals surface area (Å²) in [6.07, 6.45) is 0. The molecule has 140 valence electrons. The Balaban J connectivity index is 1.73. The van der Waals surface area contributed by atoms with Crippen molar-refractivity contribution in [1.82, 2.24) is 15.0 Å². The maximum Gasteiger partial charge on any atom is 0.232 e. The van der Waals surface area contributed by atoms with Crippen LogP contribution in [0.1, 0.15) is 28.1 Å². The van der Waals surface area contributed by atoms with Crippen LogP contribution in [0.15, 0.2) is 42.5 Å². The van der Waals surface area contributed by atoms with Gasteiger partial charge in [-0.05, 0) is 38.0 Å². The largest absolute Gasteiger partial charge is 0.368 e. The van der Waals surface area contributed by atoms with E-state index in [0.29, 0.717) is 18.3 Å². The average molecular weight is 363 g/mol. The van der Waals surface area contributed by atoms with Gasteiger partial charge in [-0.15, -0.1) is 0 Å². The van der Waals surface area contributed by atoms with Crippen LogP contribution in [-0.4, -0.2) is 22.0 Å². The predicted octanol–water partition coefficient (Wildman–Crippen LogP) is 2.34. The number of hydrogen-bond acceptors (Lipinski definition) is 5. The minimum atomic E-state index is 0.232. The molecule has 0 saturated heterocycles. The van der Waals surface area contributed by atoms with Crippen molar-refractivity contribution in [3.8, 4) is 0 Å². The lowest BCUT2D eigenvalue weighted by Crippen LogP contribution is -3.06. The highest BCUT2D eigenvalue weighted by atomic mass is 15.2. The van der Waals surface area contributed by atoms with Crippen molar-refractivity contribution in [3.63, 3.8) is 0 Å². The Morgan fingerprint density at radius 2 is 1.70 bits per heavy atom. The number of nitrogens with zero attached hydrogens (tertiary/aromatic N) is 3. The highest BCUT2D eigenvalue weighted by molar-refractivity contribution is 5.58. The second-order valence-corrected chi connectivity index (χ2v) is 7.11. The highest BCUT2D eigenvalue weighted by Crippen LogP contribution is 2.17. The summed E-state index contributed by atoms with van der Waals surface area (Å²) >= 11 is 0. The van der Waals surface area contributed by atoms with Gasteiger partial charge < -0.3 is 16.0 Å². The van der Waals surface area contributed by atoms with E-state index >= 15 is 0 Å². The number of aromatic nitrogens is 3. The maximum absolute atomic E-state index is 5.91. The maximum atomic E-state index is 5.91. The van der Waals surface area contributed by atoms with Crippen LogP contribution in [0.2, 0.25) is 0 Å². The normalized spacial score (nSPS) is 12.0. The van der Waals surface area contributed by atoms with Gasteiger partial charge in [0.05, 0.1) is 7.05 Å². The third kappa shape index (κ3) is 5.01. The smallest absolute Gasteiger partial charge is 0.232 e. The van der Waals surface area contributed by atoms with Gasteiger partial charge in [-0.3, -0.25) is 0 Å². The summed E-state index contributed by atoms with van der Waals surface area (Å²) in [5, 5.41) is 3.24. The van der Waals surface area contributed by atoms with Gasteiger partial charge in [0.15, 0.2) is 5.82 Å². The Morgan fingerprint density at radius 1 is 0.926 bits per heavy atom. The summed E-state index contributed by atoms with van der Waals surface area (Å²) in [5.74, 6) is 1.39. The summed E-state index contributed by atoms with van der Waals surface area (Å²) in [6.45, 7) is 7.88. The molecule has 1 atom stereocenters. The molecular formula is C21H27N6+. The van der Waals surface area contributed by atoms with Gasteiger partial charge in [-0.25, -0.2) is 0 Å². The van der Waals surface area contributed by atoms with Crippen LogP contribution in [0.25, 0.3) is 0 Å². The van der Waals surface area contributed by atoms with Crippen molar-refractivity contribution < 1.29 is 4.90 Å². The van der Waals surface area contributed by atoms with E-state index < -0.39 is 0 Å². The van der Waals surface area contributed by atoms with Gasteiger partial charge in [-0.1, -0.05) is 42.0 Å². The van der Waals surface area contributed by atoms with Crippen molar-refractivity contribution in [2.45, 2.75) is 33.9 Å². The fourth-order valence-electron chi connectivity index (χ4n) is 3.11. The van der Waals surface area contributed by atoms with Crippen molar-refractivity contribution in [2.75, 3.05) is 18.1 Å². The molecule has 1 unspecified atom stereocenters. The van der Waals surface area contributed by atoms with Crippen molar-refractivity contribution in [1.29, 1.82) is 0 Å². The van der Waals surface area contributed by atoms with Gasteiger partial charge in [0.1, 0.15) is 13.1 Å². The molecule has 4 N–H and O–H groups in total. The Hall–Kier alpha value is -2.99. The minimum absolute atomic E-state index is 0.232. The molecule has 0 saturated carbocycles. The number of rotatable bonds is 6. The molecule has 3 rings (SSSR count). The molecule has 3 aromatic rings. The number of quaternary nitrogens is 1. The van der Waals surface area contributed by atoms with E-state index in [0.717, 1.165) is 17.8 Å². The lowest BCUT2D eigenvalue weighted by Gasteiger charge is -2.16. The van der Waals surface area contributed by atoms with Gasteiger partial charge in [-0.2, -0.15) is 15.0 Å². The Morgan fingerprint density at radius 3 is 2.44 bits per heavy atom. The zero-order chi connectivity index (χ0) is 19.4. The molecule has 1 heterocycles. The lowest BCUT2D eigenvalue weighted by molar-refractivity contribution is -0.908. The standard InChI is InChI=1S/C21H26N6/c1-14-9-10-17(16(3)11-14)12-27(4)13-19-24-20(22)26-21(25-19)23-18-8-6-5-7-15(18)2/h5-11H,12-13H2,1-4H3,(H3,22,23,24,25,26)/p+1. The number of nitrogens with one attached hydrogen (secondary N) is 2. The fraction of sp³-hybridized carbons (Fsp3) is 0.286. The molecule has 6 nitrogen and oxygen atoms in total. The predicted molar refractivity (Wildman–Crippen MR) is 109 cm³/mol. The molecule has 2 aromatic carbocycles. The van der Waals surface area contributed by atoms with Crippen LogP contribution < -0.4 is 16.0 Å². The summed E-state index contributed by atoms with van der Waals surface area (Å²) < 4.78 is 0. The molecule has 0 aliphatic rings. The topological polar surface area (TPSA) is 81.2 Å². The van der Waals surface area contributed by atoms with E-state index in [1.807, 2.05) is 31.2 Å². The van der Waals surface area contributed by atoms with Crippen molar-refractivity contribution in [2.24, 2.45) is 0 Å². The quantitative estimate of drug-likeness (QED) is 0.626. The first-order valence-electron chi connectivity index (χ1n) is 9.11. The number of anilines is 3.